The number of hydrogen-bond donors (Lipinski definition) is 1. The van der Waals surface area contributed by atoms with Gasteiger partial charge in [-0.1, -0.05) is 23.2 Å². The third kappa shape index (κ3) is 6.12. The quantitative estimate of drug-likeness (QED) is 0.683. The van der Waals surface area contributed by atoms with Crippen molar-refractivity contribution in [2.45, 2.75) is 26.4 Å². The molecule has 0 atom stereocenters. The molecule has 1 aromatic heterocycles. The van der Waals surface area contributed by atoms with Crippen LogP contribution in [0.15, 0.2) is 18.2 Å². The monoisotopic (exact) mass is 423 g/mol. The molecule has 0 unspecified atom stereocenters. The van der Waals surface area contributed by atoms with Gasteiger partial charge in [0.25, 0.3) is 0 Å². The van der Waals surface area contributed by atoms with Gasteiger partial charge in [-0.25, -0.2) is 4.68 Å². The predicted octanol–water partition coefficient (Wildman–Crippen LogP) is 4.03. The molecule has 0 aliphatic rings. The zero-order valence-corrected chi connectivity index (χ0v) is 16.2. The summed E-state index contributed by atoms with van der Waals surface area (Å²) in [5, 5.41) is 7.87. The number of aryl methyl sites for hydroxylation is 1. The van der Waals surface area contributed by atoms with Crippen LogP contribution in [0, 0.1) is 13.8 Å². The molecule has 148 valence electrons. The first-order valence-electron chi connectivity index (χ1n) is 8.00. The number of carbonyl (C=O) groups excluding carboxylic acids is 1. The fourth-order valence-corrected chi connectivity index (χ4v) is 2.98. The number of aromatic nitrogens is 2. The number of benzene rings is 1. The number of carbonyl (C=O) groups is 1. The number of hydrogen-bond acceptors (Lipinski definition) is 3. The van der Waals surface area contributed by atoms with E-state index in [2.05, 4.69) is 15.2 Å². The molecule has 0 aliphatic heterocycles. The van der Waals surface area contributed by atoms with E-state index < -0.39 is 12.8 Å². The van der Waals surface area contributed by atoms with Crippen molar-refractivity contribution in [2.75, 3.05) is 19.8 Å². The first-order chi connectivity index (χ1) is 12.6. The summed E-state index contributed by atoms with van der Waals surface area (Å²) in [6.07, 6.45) is -4.34. The Morgan fingerprint density at radius 3 is 2.63 bits per heavy atom. The standard InChI is InChI=1S/C17H18Cl2F3N3O2/c1-10-13(8-16(26)23-5-6-27-9-17(20,21)22)11(2)25(24-10)15-4-3-12(18)7-14(15)19/h3-4,7H,5-6,8-9H2,1-2H3,(H,23,26). The van der Waals surface area contributed by atoms with Gasteiger partial charge in [0.05, 0.1) is 29.4 Å². The lowest BCUT2D eigenvalue weighted by molar-refractivity contribution is -0.173. The summed E-state index contributed by atoms with van der Waals surface area (Å²) in [5.41, 5.74) is 2.74. The van der Waals surface area contributed by atoms with Crippen LogP contribution in [-0.2, 0) is 16.0 Å². The van der Waals surface area contributed by atoms with E-state index in [4.69, 9.17) is 23.2 Å². The summed E-state index contributed by atoms with van der Waals surface area (Å²) in [4.78, 5) is 12.1. The summed E-state index contributed by atoms with van der Waals surface area (Å²) in [7, 11) is 0. The molecule has 0 spiro atoms. The smallest absolute Gasteiger partial charge is 0.370 e. The van der Waals surface area contributed by atoms with Crippen LogP contribution in [0.25, 0.3) is 5.69 Å². The first kappa shape index (κ1) is 21.5. The van der Waals surface area contributed by atoms with Crippen LogP contribution in [0.1, 0.15) is 17.0 Å². The highest BCUT2D eigenvalue weighted by molar-refractivity contribution is 6.35. The first-order valence-corrected chi connectivity index (χ1v) is 8.76. The lowest BCUT2D eigenvalue weighted by atomic mass is 10.1. The molecule has 0 bridgehead atoms. The zero-order chi connectivity index (χ0) is 20.2. The topological polar surface area (TPSA) is 56.2 Å². The second kappa shape index (κ2) is 8.95. The van der Waals surface area contributed by atoms with Gasteiger partial charge in [0.2, 0.25) is 5.91 Å². The highest BCUT2D eigenvalue weighted by atomic mass is 35.5. The Kier molecular flexibility index (Phi) is 7.13. The molecule has 1 heterocycles. The van der Waals surface area contributed by atoms with Crippen molar-refractivity contribution in [1.82, 2.24) is 15.1 Å². The van der Waals surface area contributed by atoms with Crippen molar-refractivity contribution < 1.29 is 22.7 Å². The number of amides is 1. The van der Waals surface area contributed by atoms with Gasteiger partial charge >= 0.3 is 6.18 Å². The third-order valence-corrected chi connectivity index (χ3v) is 4.29. The van der Waals surface area contributed by atoms with Gasteiger partial charge in [0, 0.05) is 22.8 Å². The maximum absolute atomic E-state index is 12.1. The second-order valence-electron chi connectivity index (χ2n) is 5.85. The highest BCUT2D eigenvalue weighted by Gasteiger charge is 2.27. The Hall–Kier alpha value is -1.77. The minimum absolute atomic E-state index is 0.00976. The van der Waals surface area contributed by atoms with Crippen LogP contribution in [0.5, 0.6) is 0 Å². The number of nitrogens with zero attached hydrogens (tertiary/aromatic N) is 2. The Morgan fingerprint density at radius 2 is 2.00 bits per heavy atom. The third-order valence-electron chi connectivity index (χ3n) is 3.75. The molecule has 1 aromatic carbocycles. The summed E-state index contributed by atoms with van der Waals surface area (Å²) in [6.45, 7) is 2.01. The van der Waals surface area contributed by atoms with E-state index in [1.54, 1.807) is 36.7 Å². The number of nitrogens with one attached hydrogen (secondary N) is 1. The van der Waals surface area contributed by atoms with Gasteiger partial charge in [-0.2, -0.15) is 18.3 Å². The number of ether oxygens (including phenoxy) is 1. The van der Waals surface area contributed by atoms with E-state index in [-0.39, 0.29) is 25.5 Å². The molecule has 1 N–H and O–H groups in total. The van der Waals surface area contributed by atoms with Crippen molar-refractivity contribution >= 4 is 29.1 Å². The molecule has 0 fully saturated rings. The SMILES string of the molecule is Cc1nn(-c2ccc(Cl)cc2Cl)c(C)c1CC(=O)NCCOCC(F)(F)F. The van der Waals surface area contributed by atoms with Crippen molar-refractivity contribution in [1.29, 1.82) is 0 Å². The van der Waals surface area contributed by atoms with Crippen molar-refractivity contribution in [3.8, 4) is 5.69 Å². The van der Waals surface area contributed by atoms with E-state index in [9.17, 15) is 18.0 Å². The molecule has 10 heteroatoms. The van der Waals surface area contributed by atoms with Crippen molar-refractivity contribution in [2.24, 2.45) is 0 Å². The van der Waals surface area contributed by atoms with E-state index in [1.807, 2.05) is 0 Å². The van der Waals surface area contributed by atoms with Crippen LogP contribution < -0.4 is 5.32 Å². The van der Waals surface area contributed by atoms with Gasteiger partial charge in [0.15, 0.2) is 0 Å². The van der Waals surface area contributed by atoms with Crippen LogP contribution >= 0.6 is 23.2 Å². The van der Waals surface area contributed by atoms with Crippen molar-refractivity contribution in [3.05, 3.63) is 45.2 Å². The normalized spacial score (nSPS) is 11.7. The Morgan fingerprint density at radius 1 is 1.30 bits per heavy atom. The van der Waals surface area contributed by atoms with Crippen LogP contribution in [-0.4, -0.2) is 41.6 Å². The van der Waals surface area contributed by atoms with Crippen LogP contribution in [0.3, 0.4) is 0 Å². The lowest BCUT2D eigenvalue weighted by Gasteiger charge is -2.09. The Labute approximate surface area is 164 Å². The maximum atomic E-state index is 12.1. The molecule has 0 saturated carbocycles. The van der Waals surface area contributed by atoms with E-state index in [0.717, 1.165) is 11.3 Å². The minimum Gasteiger partial charge on any atom is -0.370 e. The molecule has 27 heavy (non-hydrogen) atoms. The molecule has 0 radical (unpaired) electrons. The summed E-state index contributed by atoms with van der Waals surface area (Å²) < 4.78 is 42.0. The molecule has 1 amide bonds. The molecule has 2 rings (SSSR count). The number of rotatable bonds is 7. The average molecular weight is 424 g/mol. The summed E-state index contributed by atoms with van der Waals surface area (Å²) in [6, 6.07) is 5.01. The maximum Gasteiger partial charge on any atom is 0.411 e. The van der Waals surface area contributed by atoms with E-state index in [0.29, 0.717) is 21.4 Å². The van der Waals surface area contributed by atoms with E-state index in [1.165, 1.54) is 0 Å². The summed E-state index contributed by atoms with van der Waals surface area (Å²) in [5.74, 6) is -0.335. The molecule has 0 aliphatic carbocycles. The largest absolute Gasteiger partial charge is 0.411 e. The number of alkyl halides is 3. The second-order valence-corrected chi connectivity index (χ2v) is 6.70. The Balaban J connectivity index is 1.99. The van der Waals surface area contributed by atoms with E-state index >= 15 is 0 Å². The highest BCUT2D eigenvalue weighted by Crippen LogP contribution is 2.27. The van der Waals surface area contributed by atoms with Crippen molar-refractivity contribution in [3.63, 3.8) is 0 Å². The van der Waals surface area contributed by atoms with Gasteiger partial charge in [0.1, 0.15) is 6.61 Å². The fourth-order valence-electron chi connectivity index (χ4n) is 2.49. The minimum atomic E-state index is -4.38. The van der Waals surface area contributed by atoms with Gasteiger partial charge in [-0.05, 0) is 32.0 Å². The van der Waals surface area contributed by atoms with Crippen LogP contribution in [0.2, 0.25) is 10.0 Å². The molecule has 2 aromatic rings. The lowest BCUT2D eigenvalue weighted by Crippen LogP contribution is -2.30. The molecular weight excluding hydrogens is 406 g/mol. The molecular formula is C17H18Cl2F3N3O2. The zero-order valence-electron chi connectivity index (χ0n) is 14.7. The molecule has 5 nitrogen and oxygen atoms in total. The number of halogens is 5. The average Bonchev–Trinajstić information content (AvgIpc) is 2.81. The van der Waals surface area contributed by atoms with Crippen LogP contribution in [0.4, 0.5) is 13.2 Å². The molecule has 0 saturated heterocycles. The fraction of sp³-hybridized carbons (Fsp3) is 0.412. The summed E-state index contributed by atoms with van der Waals surface area (Å²) >= 11 is 12.1. The predicted molar refractivity (Wildman–Crippen MR) is 96.6 cm³/mol. The van der Waals surface area contributed by atoms with Gasteiger partial charge in [-0.3, -0.25) is 4.79 Å². The van der Waals surface area contributed by atoms with Gasteiger partial charge < -0.3 is 10.1 Å². The Bertz CT molecular complexity index is 822. The van der Waals surface area contributed by atoms with Gasteiger partial charge in [-0.15, -0.1) is 0 Å².